The Hall–Kier alpha value is -2.17. The number of hydrogen-bond donors (Lipinski definition) is 2. The van der Waals surface area contributed by atoms with Crippen LogP contribution in [0, 0.1) is 0 Å². The van der Waals surface area contributed by atoms with E-state index in [0.29, 0.717) is 16.9 Å². The van der Waals surface area contributed by atoms with Gasteiger partial charge in [-0.3, -0.25) is 0 Å². The summed E-state index contributed by atoms with van der Waals surface area (Å²) in [5, 5.41) is 13.6. The van der Waals surface area contributed by atoms with Crippen molar-refractivity contribution in [3.8, 4) is 22.6 Å². The number of ether oxygens (including phenoxy) is 1. The number of hydrogen-bond acceptors (Lipinski definition) is 5. The van der Waals surface area contributed by atoms with Gasteiger partial charge in [0.1, 0.15) is 0 Å². The maximum absolute atomic E-state index is 9.99. The van der Waals surface area contributed by atoms with E-state index in [0.717, 1.165) is 5.56 Å². The maximum atomic E-state index is 9.99. The monoisotopic (exact) mass is 248 g/mol. The van der Waals surface area contributed by atoms with Crippen molar-refractivity contribution < 1.29 is 14.4 Å². The predicted molar refractivity (Wildman–Crippen MR) is 68.7 cm³/mol. The molecule has 1 aromatic heterocycles. The van der Waals surface area contributed by atoms with Crippen LogP contribution in [0.1, 0.15) is 25.3 Å². The Balaban J connectivity index is 2.67. The van der Waals surface area contributed by atoms with Gasteiger partial charge in [-0.05, 0) is 23.6 Å². The molecule has 3 N–H and O–H groups in total. The molecule has 0 aliphatic rings. The van der Waals surface area contributed by atoms with E-state index < -0.39 is 0 Å². The third kappa shape index (κ3) is 1.99. The highest BCUT2D eigenvalue weighted by molar-refractivity contribution is 5.80. The van der Waals surface area contributed by atoms with Crippen LogP contribution in [-0.4, -0.2) is 17.4 Å². The molecule has 0 aliphatic carbocycles. The molecule has 1 heterocycles. The number of methoxy groups -OCH3 is 1. The molecule has 0 atom stereocenters. The van der Waals surface area contributed by atoms with Crippen molar-refractivity contribution in [1.82, 2.24) is 5.16 Å². The molecular weight excluding hydrogens is 232 g/mol. The largest absolute Gasteiger partial charge is 0.504 e. The van der Waals surface area contributed by atoms with Gasteiger partial charge in [0.25, 0.3) is 0 Å². The number of rotatable bonds is 3. The summed E-state index contributed by atoms with van der Waals surface area (Å²) < 4.78 is 10.1. The van der Waals surface area contributed by atoms with Crippen molar-refractivity contribution >= 4 is 5.88 Å². The Morgan fingerprint density at radius 3 is 2.56 bits per heavy atom. The summed E-state index contributed by atoms with van der Waals surface area (Å²) >= 11 is 0. The first-order chi connectivity index (χ1) is 8.54. The smallest absolute Gasteiger partial charge is 0.230 e. The van der Waals surface area contributed by atoms with Gasteiger partial charge in [0, 0.05) is 5.56 Å². The summed E-state index contributed by atoms with van der Waals surface area (Å²) in [4.78, 5) is 0. The van der Waals surface area contributed by atoms with Crippen molar-refractivity contribution in [1.29, 1.82) is 0 Å². The summed E-state index contributed by atoms with van der Waals surface area (Å²) in [7, 11) is 1.50. The third-order valence-electron chi connectivity index (χ3n) is 2.85. The first-order valence-electron chi connectivity index (χ1n) is 5.66. The van der Waals surface area contributed by atoms with Crippen LogP contribution in [0.2, 0.25) is 0 Å². The molecule has 0 spiro atoms. The lowest BCUT2D eigenvalue weighted by Gasteiger charge is -2.13. The molecule has 0 fully saturated rings. The molecule has 5 heteroatoms. The van der Waals surface area contributed by atoms with E-state index >= 15 is 0 Å². The van der Waals surface area contributed by atoms with E-state index in [1.807, 2.05) is 19.9 Å². The minimum atomic E-state index is 0.0827. The average Bonchev–Trinajstić information content (AvgIpc) is 2.74. The van der Waals surface area contributed by atoms with Gasteiger partial charge in [-0.25, -0.2) is 0 Å². The molecular formula is C13H16N2O3. The number of aromatic nitrogens is 1. The maximum Gasteiger partial charge on any atom is 0.230 e. The zero-order valence-electron chi connectivity index (χ0n) is 10.6. The molecule has 0 radical (unpaired) electrons. The van der Waals surface area contributed by atoms with Gasteiger partial charge in [0.15, 0.2) is 11.5 Å². The summed E-state index contributed by atoms with van der Waals surface area (Å²) in [5.74, 6) is 0.934. The standard InChI is InChI=1S/C13H16N2O3/c1-7(2)8-4-9(10-6-15-18-13(10)14)12(17-3)11(16)5-8/h4-7,16H,14H2,1-3H3. The minimum absolute atomic E-state index is 0.0827. The molecule has 2 rings (SSSR count). The highest BCUT2D eigenvalue weighted by Gasteiger charge is 2.18. The van der Waals surface area contributed by atoms with Crippen LogP contribution < -0.4 is 10.5 Å². The van der Waals surface area contributed by atoms with Crippen molar-refractivity contribution in [2.75, 3.05) is 12.8 Å². The second kappa shape index (κ2) is 4.60. The summed E-state index contributed by atoms with van der Waals surface area (Å²) in [6.45, 7) is 4.09. The number of nitrogen functional groups attached to an aromatic ring is 1. The lowest BCUT2D eigenvalue weighted by molar-refractivity contribution is 0.374. The lowest BCUT2D eigenvalue weighted by atomic mass is 9.97. The molecule has 0 amide bonds. The molecule has 0 unspecified atom stereocenters. The zero-order chi connectivity index (χ0) is 13.3. The van der Waals surface area contributed by atoms with E-state index in [-0.39, 0.29) is 17.6 Å². The van der Waals surface area contributed by atoms with Gasteiger partial charge in [-0.2, -0.15) is 0 Å². The van der Waals surface area contributed by atoms with Gasteiger partial charge in [-0.1, -0.05) is 19.0 Å². The van der Waals surface area contributed by atoms with Crippen LogP contribution in [0.15, 0.2) is 22.9 Å². The topological polar surface area (TPSA) is 81.5 Å². The van der Waals surface area contributed by atoms with Crippen LogP contribution in [0.4, 0.5) is 5.88 Å². The van der Waals surface area contributed by atoms with E-state index in [2.05, 4.69) is 5.16 Å². The predicted octanol–water partition coefficient (Wildman–Crippen LogP) is 2.76. The molecule has 0 bridgehead atoms. The Morgan fingerprint density at radius 1 is 1.33 bits per heavy atom. The molecule has 1 aromatic carbocycles. The third-order valence-corrected chi connectivity index (χ3v) is 2.85. The van der Waals surface area contributed by atoms with Crippen LogP contribution in [0.5, 0.6) is 11.5 Å². The van der Waals surface area contributed by atoms with E-state index in [1.54, 1.807) is 6.07 Å². The highest BCUT2D eigenvalue weighted by atomic mass is 16.5. The Labute approximate surface area is 105 Å². The molecule has 2 aromatic rings. The number of anilines is 1. The van der Waals surface area contributed by atoms with Crippen molar-refractivity contribution in [2.45, 2.75) is 19.8 Å². The summed E-state index contributed by atoms with van der Waals surface area (Å²) in [6, 6.07) is 3.61. The van der Waals surface area contributed by atoms with Crippen molar-refractivity contribution in [2.24, 2.45) is 0 Å². The Morgan fingerprint density at radius 2 is 2.06 bits per heavy atom. The average molecular weight is 248 g/mol. The van der Waals surface area contributed by atoms with Gasteiger partial charge in [0.05, 0.1) is 18.9 Å². The van der Waals surface area contributed by atoms with Gasteiger partial charge in [-0.15, -0.1) is 0 Å². The molecule has 0 saturated heterocycles. The Bertz CT molecular complexity index is 561. The van der Waals surface area contributed by atoms with Crippen LogP contribution in [-0.2, 0) is 0 Å². The first-order valence-corrected chi connectivity index (χ1v) is 5.66. The second-order valence-electron chi connectivity index (χ2n) is 4.38. The normalized spacial score (nSPS) is 10.9. The summed E-state index contributed by atoms with van der Waals surface area (Å²) in [6.07, 6.45) is 1.51. The van der Waals surface area contributed by atoms with Crippen LogP contribution >= 0.6 is 0 Å². The quantitative estimate of drug-likeness (QED) is 0.872. The number of phenols is 1. The molecule has 5 nitrogen and oxygen atoms in total. The van der Waals surface area contributed by atoms with Crippen LogP contribution in [0.3, 0.4) is 0 Å². The van der Waals surface area contributed by atoms with Gasteiger partial charge in [0.2, 0.25) is 5.88 Å². The molecule has 18 heavy (non-hydrogen) atoms. The van der Waals surface area contributed by atoms with Crippen molar-refractivity contribution in [3.63, 3.8) is 0 Å². The van der Waals surface area contributed by atoms with Gasteiger partial charge >= 0.3 is 0 Å². The Kier molecular flexibility index (Phi) is 3.14. The fourth-order valence-corrected chi connectivity index (χ4v) is 1.83. The summed E-state index contributed by atoms with van der Waals surface area (Å²) in [5.41, 5.74) is 7.99. The number of benzene rings is 1. The molecule has 0 saturated carbocycles. The lowest BCUT2D eigenvalue weighted by Crippen LogP contribution is -1.95. The highest BCUT2D eigenvalue weighted by Crippen LogP contribution is 2.41. The fourth-order valence-electron chi connectivity index (χ4n) is 1.83. The van der Waals surface area contributed by atoms with Crippen molar-refractivity contribution in [3.05, 3.63) is 23.9 Å². The second-order valence-corrected chi connectivity index (χ2v) is 4.38. The van der Waals surface area contributed by atoms with E-state index in [4.69, 9.17) is 15.0 Å². The minimum Gasteiger partial charge on any atom is -0.504 e. The number of phenolic OH excluding ortho intramolecular Hbond substituents is 1. The zero-order valence-corrected chi connectivity index (χ0v) is 10.6. The van der Waals surface area contributed by atoms with Gasteiger partial charge < -0.3 is 20.1 Å². The number of nitrogens with zero attached hydrogens (tertiary/aromatic N) is 1. The van der Waals surface area contributed by atoms with E-state index in [1.165, 1.54) is 13.3 Å². The number of aromatic hydroxyl groups is 1. The molecule has 0 aliphatic heterocycles. The van der Waals surface area contributed by atoms with E-state index in [9.17, 15) is 5.11 Å². The number of nitrogens with two attached hydrogens (primary N) is 1. The van der Waals surface area contributed by atoms with Crippen LogP contribution in [0.25, 0.3) is 11.1 Å². The fraction of sp³-hybridized carbons (Fsp3) is 0.308. The molecule has 96 valence electrons. The first kappa shape index (κ1) is 12.3. The SMILES string of the molecule is COc1c(O)cc(C(C)C)cc1-c1cnoc1N.